The Balaban J connectivity index is 2.35. The van der Waals surface area contributed by atoms with Crippen LogP contribution in [-0.4, -0.2) is 42.3 Å². The first-order valence-electron chi connectivity index (χ1n) is 6.27. The Hall–Kier alpha value is -0.910. The summed E-state index contributed by atoms with van der Waals surface area (Å²) in [4.78, 5) is 11.1. The minimum atomic E-state index is -0.677. The summed E-state index contributed by atoms with van der Waals surface area (Å²) in [5.74, 6) is -0.881. The van der Waals surface area contributed by atoms with Crippen molar-refractivity contribution in [3.05, 3.63) is 12.2 Å². The van der Waals surface area contributed by atoms with Gasteiger partial charge in [-0.3, -0.25) is 4.79 Å². The number of carbonyl (C=O) groups is 1. The number of ether oxygens (including phenoxy) is 3. The maximum atomic E-state index is 11.1. The maximum absolute atomic E-state index is 11.1. The zero-order chi connectivity index (χ0) is 13.6. The Morgan fingerprint density at radius 3 is 2.78 bits per heavy atom. The van der Waals surface area contributed by atoms with Crippen LogP contribution in [-0.2, 0) is 19.0 Å². The number of aliphatic hydroxyl groups excluding tert-OH is 1. The second-order valence-corrected chi connectivity index (χ2v) is 4.59. The van der Waals surface area contributed by atoms with Crippen molar-refractivity contribution < 1.29 is 24.1 Å². The highest BCUT2D eigenvalue weighted by molar-refractivity contribution is 5.69. The predicted octanol–water partition coefficient (Wildman–Crippen LogP) is 1.40. The molecule has 0 unspecified atom stereocenters. The molecule has 0 spiro atoms. The van der Waals surface area contributed by atoms with E-state index in [9.17, 15) is 9.90 Å². The van der Waals surface area contributed by atoms with Gasteiger partial charge >= 0.3 is 5.97 Å². The molecule has 104 valence electrons. The summed E-state index contributed by atoms with van der Waals surface area (Å²) >= 11 is 0. The Morgan fingerprint density at radius 2 is 2.17 bits per heavy atom. The Labute approximate surface area is 108 Å². The average Bonchev–Trinajstić information content (AvgIpc) is 2.60. The van der Waals surface area contributed by atoms with Crippen LogP contribution < -0.4 is 0 Å². The SMILES string of the molecule is CCOC(=O)CCC=C[C@@H]1OC(C)(C)O[C@@H]1CO. The molecule has 0 aromatic carbocycles. The molecule has 0 aliphatic carbocycles. The zero-order valence-electron chi connectivity index (χ0n) is 11.2. The molecular weight excluding hydrogens is 236 g/mol. The molecule has 1 aliphatic heterocycles. The van der Waals surface area contributed by atoms with Crippen LogP contribution in [0.25, 0.3) is 0 Å². The van der Waals surface area contributed by atoms with Crippen LogP contribution in [0.1, 0.15) is 33.6 Å². The largest absolute Gasteiger partial charge is 0.466 e. The molecule has 1 heterocycles. The van der Waals surface area contributed by atoms with Crippen LogP contribution in [0.2, 0.25) is 0 Å². The van der Waals surface area contributed by atoms with Crippen molar-refractivity contribution >= 4 is 5.97 Å². The Morgan fingerprint density at radius 1 is 1.44 bits per heavy atom. The Kier molecular flexibility index (Phi) is 5.78. The van der Waals surface area contributed by atoms with Gasteiger partial charge in [0.2, 0.25) is 0 Å². The summed E-state index contributed by atoms with van der Waals surface area (Å²) in [7, 11) is 0. The molecule has 0 saturated carbocycles. The van der Waals surface area contributed by atoms with E-state index in [0.717, 1.165) is 0 Å². The molecule has 1 aliphatic rings. The highest BCUT2D eigenvalue weighted by Gasteiger charge is 2.39. The first kappa shape index (κ1) is 15.1. The van der Waals surface area contributed by atoms with Crippen molar-refractivity contribution in [2.75, 3.05) is 13.2 Å². The summed E-state index contributed by atoms with van der Waals surface area (Å²) in [6.07, 6.45) is 4.01. The van der Waals surface area contributed by atoms with Gasteiger partial charge in [0.25, 0.3) is 0 Å². The van der Waals surface area contributed by atoms with E-state index in [2.05, 4.69) is 0 Å². The van der Waals surface area contributed by atoms with Gasteiger partial charge in [-0.25, -0.2) is 0 Å². The summed E-state index contributed by atoms with van der Waals surface area (Å²) in [6.45, 7) is 5.72. The van der Waals surface area contributed by atoms with Crippen molar-refractivity contribution in [1.82, 2.24) is 0 Å². The van der Waals surface area contributed by atoms with Gasteiger partial charge in [0, 0.05) is 6.42 Å². The zero-order valence-corrected chi connectivity index (χ0v) is 11.2. The third kappa shape index (κ3) is 4.76. The molecule has 0 aromatic rings. The standard InChI is InChI=1S/C13H22O5/c1-4-16-12(15)8-6-5-7-10-11(9-14)18-13(2,3)17-10/h5,7,10-11,14H,4,6,8-9H2,1-3H3/t10-,11+/m0/s1. The molecule has 0 amide bonds. The lowest BCUT2D eigenvalue weighted by molar-refractivity contribution is -0.146. The molecule has 1 N–H and O–H groups in total. The number of rotatable bonds is 6. The molecule has 1 rings (SSSR count). The molecule has 1 saturated heterocycles. The van der Waals surface area contributed by atoms with E-state index in [4.69, 9.17) is 14.2 Å². The van der Waals surface area contributed by atoms with Gasteiger partial charge < -0.3 is 19.3 Å². The fraction of sp³-hybridized carbons (Fsp3) is 0.769. The summed E-state index contributed by atoms with van der Waals surface area (Å²) < 4.78 is 16.0. The van der Waals surface area contributed by atoms with Crippen LogP contribution in [0.3, 0.4) is 0 Å². The second-order valence-electron chi connectivity index (χ2n) is 4.59. The molecular formula is C13H22O5. The Bertz CT molecular complexity index is 298. The van der Waals surface area contributed by atoms with E-state index in [-0.39, 0.29) is 24.8 Å². The average molecular weight is 258 g/mol. The predicted molar refractivity (Wildman–Crippen MR) is 65.9 cm³/mol. The van der Waals surface area contributed by atoms with E-state index in [1.165, 1.54) is 0 Å². The van der Waals surface area contributed by atoms with E-state index in [0.29, 0.717) is 19.4 Å². The van der Waals surface area contributed by atoms with Gasteiger partial charge in [-0.2, -0.15) is 0 Å². The number of carbonyl (C=O) groups excluding carboxylic acids is 1. The minimum Gasteiger partial charge on any atom is -0.466 e. The smallest absolute Gasteiger partial charge is 0.306 e. The van der Waals surface area contributed by atoms with Crippen molar-refractivity contribution in [3.8, 4) is 0 Å². The van der Waals surface area contributed by atoms with Crippen LogP contribution >= 0.6 is 0 Å². The van der Waals surface area contributed by atoms with Crippen molar-refractivity contribution in [2.45, 2.75) is 51.6 Å². The molecule has 18 heavy (non-hydrogen) atoms. The van der Waals surface area contributed by atoms with Crippen molar-refractivity contribution in [2.24, 2.45) is 0 Å². The van der Waals surface area contributed by atoms with Gasteiger partial charge in [0.1, 0.15) is 12.2 Å². The fourth-order valence-electron chi connectivity index (χ4n) is 1.83. The lowest BCUT2D eigenvalue weighted by Gasteiger charge is -2.15. The first-order chi connectivity index (χ1) is 8.48. The number of hydrogen-bond acceptors (Lipinski definition) is 5. The lowest BCUT2D eigenvalue weighted by atomic mass is 10.2. The second kappa shape index (κ2) is 6.87. The normalized spacial score (nSPS) is 26.7. The van der Waals surface area contributed by atoms with Gasteiger partial charge in [-0.05, 0) is 27.2 Å². The van der Waals surface area contributed by atoms with Crippen LogP contribution in [0.5, 0.6) is 0 Å². The van der Waals surface area contributed by atoms with Gasteiger partial charge in [-0.15, -0.1) is 0 Å². The first-order valence-corrected chi connectivity index (χ1v) is 6.27. The summed E-state index contributed by atoms with van der Waals surface area (Å²) in [6, 6.07) is 0. The van der Waals surface area contributed by atoms with Crippen LogP contribution in [0.4, 0.5) is 0 Å². The molecule has 5 heteroatoms. The highest BCUT2D eigenvalue weighted by Crippen LogP contribution is 2.28. The molecule has 0 aromatic heterocycles. The van der Waals surface area contributed by atoms with Gasteiger partial charge in [0.05, 0.1) is 13.2 Å². The molecule has 0 bridgehead atoms. The van der Waals surface area contributed by atoms with Crippen molar-refractivity contribution in [1.29, 1.82) is 0 Å². The van der Waals surface area contributed by atoms with Crippen LogP contribution in [0, 0.1) is 0 Å². The quantitative estimate of drug-likeness (QED) is 0.576. The molecule has 0 radical (unpaired) electrons. The van der Waals surface area contributed by atoms with E-state index >= 15 is 0 Å². The fourth-order valence-corrected chi connectivity index (χ4v) is 1.83. The number of hydrogen-bond donors (Lipinski definition) is 1. The molecule has 2 atom stereocenters. The van der Waals surface area contributed by atoms with E-state index < -0.39 is 5.79 Å². The van der Waals surface area contributed by atoms with E-state index in [1.54, 1.807) is 6.92 Å². The maximum Gasteiger partial charge on any atom is 0.306 e. The number of esters is 1. The topological polar surface area (TPSA) is 65.0 Å². The minimum absolute atomic E-state index is 0.0870. The summed E-state index contributed by atoms with van der Waals surface area (Å²) in [5, 5.41) is 9.17. The van der Waals surface area contributed by atoms with Crippen molar-refractivity contribution in [3.63, 3.8) is 0 Å². The van der Waals surface area contributed by atoms with Gasteiger partial charge in [0.15, 0.2) is 5.79 Å². The summed E-state index contributed by atoms with van der Waals surface area (Å²) in [5.41, 5.74) is 0. The number of aliphatic hydroxyl groups is 1. The number of allylic oxidation sites excluding steroid dienone is 1. The van der Waals surface area contributed by atoms with Gasteiger partial charge in [-0.1, -0.05) is 12.2 Å². The monoisotopic (exact) mass is 258 g/mol. The molecule has 5 nitrogen and oxygen atoms in total. The van der Waals surface area contributed by atoms with Crippen LogP contribution in [0.15, 0.2) is 12.2 Å². The van der Waals surface area contributed by atoms with E-state index in [1.807, 2.05) is 26.0 Å². The highest BCUT2D eigenvalue weighted by atomic mass is 16.8. The third-order valence-electron chi connectivity index (χ3n) is 2.55. The third-order valence-corrected chi connectivity index (χ3v) is 2.55. The molecule has 1 fully saturated rings. The lowest BCUT2D eigenvalue weighted by Crippen LogP contribution is -2.24.